The molecule has 1 saturated carbocycles. The Labute approximate surface area is 166 Å². The zero-order chi connectivity index (χ0) is 20.2. The van der Waals surface area contributed by atoms with Crippen LogP contribution in [0.15, 0.2) is 64.6 Å². The first-order valence-electron chi connectivity index (χ1n) is 9.60. The van der Waals surface area contributed by atoms with Crippen LogP contribution in [-0.2, 0) is 0 Å². The molecule has 0 atom stereocenters. The van der Waals surface area contributed by atoms with Gasteiger partial charge in [0.25, 0.3) is 11.5 Å². The summed E-state index contributed by atoms with van der Waals surface area (Å²) in [5.41, 5.74) is 1.71. The van der Waals surface area contributed by atoms with Gasteiger partial charge in [0.1, 0.15) is 0 Å². The van der Waals surface area contributed by atoms with Crippen molar-refractivity contribution in [2.45, 2.75) is 37.8 Å². The fourth-order valence-corrected chi connectivity index (χ4v) is 3.65. The molecule has 0 radical (unpaired) electrons. The van der Waals surface area contributed by atoms with Crippen LogP contribution in [0.1, 0.15) is 42.1 Å². The van der Waals surface area contributed by atoms with Gasteiger partial charge in [-0.15, -0.1) is 0 Å². The fourth-order valence-electron chi connectivity index (χ4n) is 3.65. The van der Waals surface area contributed by atoms with Crippen molar-refractivity contribution in [3.8, 4) is 11.3 Å². The van der Waals surface area contributed by atoms with Crippen molar-refractivity contribution in [2.75, 3.05) is 0 Å². The van der Waals surface area contributed by atoms with Crippen molar-refractivity contribution in [3.05, 3.63) is 81.3 Å². The topological polar surface area (TPSA) is 110 Å². The molecule has 4 rings (SSSR count). The van der Waals surface area contributed by atoms with Crippen LogP contribution in [0, 0.1) is 0 Å². The van der Waals surface area contributed by atoms with Crippen molar-refractivity contribution >= 4 is 5.91 Å². The molecule has 1 aliphatic carbocycles. The number of H-pyrrole nitrogens is 1. The number of aromatic nitrogens is 4. The standard InChI is InChI=1S/C21H21N5O3/c27-19-7-1-15(13-23-19)21(29)24-16-2-4-17(5-3-16)26-20(28)8-6-18(25-26)14-9-11-22-12-10-14/h1,6-13,16-17H,2-5H2,(H,23,27)(H,24,29). The summed E-state index contributed by atoms with van der Waals surface area (Å²) in [6.07, 6.45) is 7.83. The number of hydrogen-bond acceptors (Lipinski definition) is 5. The lowest BCUT2D eigenvalue weighted by atomic mass is 9.91. The van der Waals surface area contributed by atoms with E-state index in [4.69, 9.17) is 0 Å². The van der Waals surface area contributed by atoms with E-state index >= 15 is 0 Å². The van der Waals surface area contributed by atoms with Gasteiger partial charge in [0.05, 0.1) is 17.3 Å². The predicted octanol–water partition coefficient (Wildman–Crippen LogP) is 1.91. The van der Waals surface area contributed by atoms with E-state index in [0.717, 1.165) is 36.9 Å². The van der Waals surface area contributed by atoms with Gasteiger partial charge in [-0.2, -0.15) is 5.10 Å². The minimum atomic E-state index is -0.242. The summed E-state index contributed by atoms with van der Waals surface area (Å²) >= 11 is 0. The molecule has 8 heteroatoms. The lowest BCUT2D eigenvalue weighted by Crippen LogP contribution is -2.39. The first kappa shape index (κ1) is 18.8. The van der Waals surface area contributed by atoms with Gasteiger partial charge in [-0.25, -0.2) is 4.68 Å². The molecule has 3 aromatic rings. The molecule has 1 amide bonds. The number of hydrogen-bond donors (Lipinski definition) is 2. The van der Waals surface area contributed by atoms with Crippen LogP contribution in [-0.4, -0.2) is 31.7 Å². The van der Waals surface area contributed by atoms with Gasteiger partial charge in [0, 0.05) is 42.3 Å². The average molecular weight is 391 g/mol. The number of nitrogens with one attached hydrogen (secondary N) is 2. The first-order valence-corrected chi connectivity index (χ1v) is 9.60. The molecule has 3 aromatic heterocycles. The maximum absolute atomic E-state index is 12.4. The second-order valence-corrected chi connectivity index (χ2v) is 7.16. The summed E-state index contributed by atoms with van der Waals surface area (Å²) < 4.78 is 1.57. The van der Waals surface area contributed by atoms with Crippen molar-refractivity contribution in [3.63, 3.8) is 0 Å². The zero-order valence-corrected chi connectivity index (χ0v) is 15.7. The second kappa shape index (κ2) is 8.22. The number of rotatable bonds is 4. The zero-order valence-electron chi connectivity index (χ0n) is 15.7. The van der Waals surface area contributed by atoms with Crippen molar-refractivity contribution in [2.24, 2.45) is 0 Å². The van der Waals surface area contributed by atoms with Crippen LogP contribution in [0.2, 0.25) is 0 Å². The highest BCUT2D eigenvalue weighted by molar-refractivity contribution is 5.94. The SMILES string of the molecule is O=C(NC1CCC(n2nc(-c3ccncc3)ccc2=O)CC1)c1ccc(=O)[nH]c1. The Kier molecular flexibility index (Phi) is 5.33. The molecule has 1 fully saturated rings. The van der Waals surface area contributed by atoms with E-state index in [1.165, 1.54) is 18.3 Å². The Morgan fingerprint density at radius 2 is 1.76 bits per heavy atom. The third-order valence-corrected chi connectivity index (χ3v) is 5.23. The lowest BCUT2D eigenvalue weighted by molar-refractivity contribution is 0.0921. The number of carbonyl (C=O) groups excluding carboxylic acids is 1. The van der Waals surface area contributed by atoms with E-state index in [0.29, 0.717) is 5.56 Å². The molecule has 0 aliphatic heterocycles. The minimum absolute atomic E-state index is 0.00511. The molecule has 2 N–H and O–H groups in total. The molecule has 0 saturated heterocycles. The summed E-state index contributed by atoms with van der Waals surface area (Å²) in [7, 11) is 0. The Bertz CT molecular complexity index is 1090. The largest absolute Gasteiger partial charge is 0.349 e. The number of aromatic amines is 1. The maximum atomic E-state index is 12.4. The van der Waals surface area contributed by atoms with Crippen LogP contribution in [0.3, 0.4) is 0 Å². The molecule has 29 heavy (non-hydrogen) atoms. The van der Waals surface area contributed by atoms with Gasteiger partial charge >= 0.3 is 0 Å². The van der Waals surface area contributed by atoms with Gasteiger partial charge in [0.15, 0.2) is 0 Å². The van der Waals surface area contributed by atoms with Crippen molar-refractivity contribution in [1.82, 2.24) is 25.1 Å². The third kappa shape index (κ3) is 4.31. The number of carbonyl (C=O) groups is 1. The molecule has 0 spiro atoms. The van der Waals surface area contributed by atoms with E-state index in [1.54, 1.807) is 29.2 Å². The molecule has 0 aromatic carbocycles. The first-order chi connectivity index (χ1) is 14.1. The van der Waals surface area contributed by atoms with Gasteiger partial charge in [0.2, 0.25) is 5.56 Å². The number of amides is 1. The van der Waals surface area contributed by atoms with Crippen molar-refractivity contribution in [1.29, 1.82) is 0 Å². The summed E-state index contributed by atoms with van der Waals surface area (Å²) in [6, 6.07) is 9.88. The predicted molar refractivity (Wildman–Crippen MR) is 108 cm³/mol. The summed E-state index contributed by atoms with van der Waals surface area (Å²) in [4.78, 5) is 42.3. The number of pyridine rings is 2. The fraction of sp³-hybridized carbons (Fsp3) is 0.286. The highest BCUT2D eigenvalue weighted by Gasteiger charge is 2.25. The number of nitrogens with zero attached hydrogens (tertiary/aromatic N) is 3. The minimum Gasteiger partial charge on any atom is -0.349 e. The second-order valence-electron chi connectivity index (χ2n) is 7.16. The Morgan fingerprint density at radius 3 is 2.45 bits per heavy atom. The highest BCUT2D eigenvalue weighted by atomic mass is 16.2. The Hall–Kier alpha value is -3.55. The molecule has 0 bridgehead atoms. The normalized spacial score (nSPS) is 18.9. The van der Waals surface area contributed by atoms with Gasteiger partial charge in [-0.05, 0) is 49.9 Å². The van der Waals surface area contributed by atoms with Crippen molar-refractivity contribution < 1.29 is 4.79 Å². The maximum Gasteiger partial charge on any atom is 0.267 e. The van der Waals surface area contributed by atoms with Crippen LogP contribution < -0.4 is 16.4 Å². The summed E-state index contributed by atoms with van der Waals surface area (Å²) in [5, 5.41) is 7.57. The van der Waals surface area contributed by atoms with Gasteiger partial charge in [-0.3, -0.25) is 19.4 Å². The molecule has 1 aliphatic rings. The highest BCUT2D eigenvalue weighted by Crippen LogP contribution is 2.27. The van der Waals surface area contributed by atoms with E-state index < -0.39 is 0 Å². The third-order valence-electron chi connectivity index (χ3n) is 5.23. The summed E-state index contributed by atoms with van der Waals surface area (Å²) in [5.74, 6) is -0.209. The molecule has 0 unspecified atom stereocenters. The lowest BCUT2D eigenvalue weighted by Gasteiger charge is -2.29. The molecular weight excluding hydrogens is 370 g/mol. The van der Waals surface area contributed by atoms with Crippen LogP contribution in [0.5, 0.6) is 0 Å². The molecule has 3 heterocycles. The van der Waals surface area contributed by atoms with Crippen LogP contribution in [0.4, 0.5) is 0 Å². The monoisotopic (exact) mass is 391 g/mol. The van der Waals surface area contributed by atoms with Gasteiger partial charge in [-0.1, -0.05) is 0 Å². The van der Waals surface area contributed by atoms with E-state index in [1.807, 2.05) is 12.1 Å². The average Bonchev–Trinajstić information content (AvgIpc) is 2.76. The summed E-state index contributed by atoms with van der Waals surface area (Å²) in [6.45, 7) is 0. The van der Waals surface area contributed by atoms with Crippen LogP contribution >= 0.6 is 0 Å². The van der Waals surface area contributed by atoms with Gasteiger partial charge < -0.3 is 10.3 Å². The van der Waals surface area contributed by atoms with E-state index in [2.05, 4.69) is 20.4 Å². The Balaban J connectivity index is 1.42. The molecule has 8 nitrogen and oxygen atoms in total. The van der Waals surface area contributed by atoms with E-state index in [-0.39, 0.29) is 29.1 Å². The molecular formula is C21H21N5O3. The molecule has 148 valence electrons. The quantitative estimate of drug-likeness (QED) is 0.706. The Morgan fingerprint density at radius 1 is 1.00 bits per heavy atom. The smallest absolute Gasteiger partial charge is 0.267 e. The van der Waals surface area contributed by atoms with Crippen LogP contribution in [0.25, 0.3) is 11.3 Å². The van der Waals surface area contributed by atoms with E-state index in [9.17, 15) is 14.4 Å².